The molecule has 2 nitrogen and oxygen atoms in total. The Morgan fingerprint density at radius 2 is 1.21 bits per heavy atom. The molecule has 86 valence electrons. The molecule has 0 bridgehead atoms. The number of halogens is 6. The maximum absolute atomic E-state index is 12.0. The molecule has 0 saturated heterocycles. The third-order valence-corrected chi connectivity index (χ3v) is 1.48. The van der Waals surface area contributed by atoms with Crippen molar-refractivity contribution in [2.45, 2.75) is 18.0 Å². The van der Waals surface area contributed by atoms with E-state index in [9.17, 15) is 26.3 Å². The van der Waals surface area contributed by atoms with Gasteiger partial charge >= 0.3 is 12.4 Å². The number of alkyl halides is 6. The van der Waals surface area contributed by atoms with Crippen LogP contribution in [0.1, 0.15) is 0 Å². The van der Waals surface area contributed by atoms with Crippen LogP contribution in [0, 0.1) is 0 Å². The molecule has 0 radical (unpaired) electrons. The van der Waals surface area contributed by atoms with E-state index in [0.29, 0.717) is 4.90 Å². The topological polar surface area (TPSA) is 23.5 Å². The van der Waals surface area contributed by atoms with E-state index >= 15 is 0 Å². The fourth-order valence-electron chi connectivity index (χ4n) is 0.798. The van der Waals surface area contributed by atoms with Gasteiger partial charge in [0, 0.05) is 6.54 Å². The number of hydrogen-bond acceptors (Lipinski definition) is 2. The average Bonchev–Trinajstić information content (AvgIpc) is 1.79. The lowest BCUT2D eigenvalue weighted by Crippen LogP contribution is -2.62. The van der Waals surface area contributed by atoms with Crippen molar-refractivity contribution in [3.63, 3.8) is 0 Å². The molecule has 1 N–H and O–H groups in total. The zero-order chi connectivity index (χ0) is 11.8. The number of hydrogen-bond donors (Lipinski definition) is 1. The zero-order valence-electron chi connectivity index (χ0n) is 7.37. The summed E-state index contributed by atoms with van der Waals surface area (Å²) in [5.41, 5.74) is -4.68. The zero-order valence-corrected chi connectivity index (χ0v) is 7.37. The first-order valence-electron chi connectivity index (χ1n) is 3.42. The van der Waals surface area contributed by atoms with Crippen molar-refractivity contribution in [2.75, 3.05) is 20.6 Å². The molecule has 14 heavy (non-hydrogen) atoms. The number of likely N-dealkylation sites (N-methyl/N-ethyl adjacent to an activating group) is 1. The summed E-state index contributed by atoms with van der Waals surface area (Å²) in [6.07, 6.45) is -11.5. The molecule has 0 aliphatic carbocycles. The Kier molecular flexibility index (Phi) is 3.45. The van der Waals surface area contributed by atoms with Gasteiger partial charge in [0.1, 0.15) is 0 Å². The van der Waals surface area contributed by atoms with Crippen LogP contribution in [0.25, 0.3) is 0 Å². The van der Waals surface area contributed by atoms with E-state index in [2.05, 4.69) is 0 Å². The largest absolute Gasteiger partial charge is 0.427 e. The third-order valence-electron chi connectivity index (χ3n) is 1.48. The van der Waals surface area contributed by atoms with Gasteiger partial charge in [0.2, 0.25) is 0 Å². The molecular formula is C6H9F6NO. The van der Waals surface area contributed by atoms with Crippen molar-refractivity contribution >= 4 is 0 Å². The van der Waals surface area contributed by atoms with Crippen LogP contribution in [-0.2, 0) is 0 Å². The predicted molar refractivity (Wildman–Crippen MR) is 35.6 cm³/mol. The first-order valence-corrected chi connectivity index (χ1v) is 3.42. The molecule has 0 aliphatic heterocycles. The van der Waals surface area contributed by atoms with E-state index in [1.807, 2.05) is 0 Å². The van der Waals surface area contributed by atoms with Gasteiger partial charge in [-0.2, -0.15) is 26.3 Å². The molecule has 0 aromatic rings. The van der Waals surface area contributed by atoms with E-state index in [1.54, 1.807) is 0 Å². The van der Waals surface area contributed by atoms with Crippen molar-refractivity contribution in [2.24, 2.45) is 0 Å². The fourth-order valence-corrected chi connectivity index (χ4v) is 0.798. The molecule has 0 aromatic carbocycles. The molecule has 8 heteroatoms. The van der Waals surface area contributed by atoms with E-state index < -0.39 is 24.5 Å². The van der Waals surface area contributed by atoms with Crippen LogP contribution in [-0.4, -0.2) is 48.6 Å². The highest BCUT2D eigenvalue weighted by atomic mass is 19.4. The standard InChI is InChI=1S/C6H9F6NO/c1-13(2)3-4(14,5(7,8)9)6(10,11)12/h14H,3H2,1-2H3. The van der Waals surface area contributed by atoms with E-state index in [4.69, 9.17) is 5.11 Å². The van der Waals surface area contributed by atoms with Crippen molar-refractivity contribution in [1.29, 1.82) is 0 Å². The molecule has 0 aromatic heterocycles. The van der Waals surface area contributed by atoms with Gasteiger partial charge in [-0.1, -0.05) is 0 Å². The second kappa shape index (κ2) is 3.58. The second-order valence-electron chi connectivity index (χ2n) is 3.09. The Morgan fingerprint density at radius 3 is 1.29 bits per heavy atom. The normalized spacial score (nSPS) is 15.0. The van der Waals surface area contributed by atoms with Crippen molar-refractivity contribution in [1.82, 2.24) is 4.90 Å². The molecule has 0 fully saturated rings. The summed E-state index contributed by atoms with van der Waals surface area (Å²) in [7, 11) is 2.00. The fraction of sp³-hybridized carbons (Fsp3) is 1.00. The third kappa shape index (κ3) is 2.50. The number of aliphatic hydroxyl groups is 1. The summed E-state index contributed by atoms with van der Waals surface area (Å²) in [5, 5.41) is 8.56. The Bertz CT molecular complexity index is 181. The molecule has 0 heterocycles. The molecular weight excluding hydrogens is 216 g/mol. The van der Waals surface area contributed by atoms with Gasteiger partial charge in [-0.15, -0.1) is 0 Å². The van der Waals surface area contributed by atoms with E-state index in [0.717, 1.165) is 14.1 Å². The Balaban J connectivity index is 5.07. The van der Waals surface area contributed by atoms with Crippen molar-refractivity contribution in [3.8, 4) is 0 Å². The first-order chi connectivity index (χ1) is 5.92. The van der Waals surface area contributed by atoms with Crippen LogP contribution in [0.4, 0.5) is 26.3 Å². The van der Waals surface area contributed by atoms with Gasteiger partial charge in [-0.05, 0) is 14.1 Å². The summed E-state index contributed by atoms with van der Waals surface area (Å²) in [4.78, 5) is 0.612. The summed E-state index contributed by atoms with van der Waals surface area (Å²) >= 11 is 0. The highest BCUT2D eigenvalue weighted by molar-refractivity contribution is 4.95. The van der Waals surface area contributed by atoms with Gasteiger partial charge in [0.05, 0.1) is 0 Å². The smallest absolute Gasteiger partial charge is 0.373 e. The van der Waals surface area contributed by atoms with Crippen LogP contribution in [0.5, 0.6) is 0 Å². The lowest BCUT2D eigenvalue weighted by molar-refractivity contribution is -0.369. The highest BCUT2D eigenvalue weighted by Gasteiger charge is 2.70. The molecule has 0 aliphatic rings. The Morgan fingerprint density at radius 1 is 0.929 bits per heavy atom. The lowest BCUT2D eigenvalue weighted by atomic mass is 10.0. The second-order valence-corrected chi connectivity index (χ2v) is 3.09. The van der Waals surface area contributed by atoms with Crippen LogP contribution in [0.15, 0.2) is 0 Å². The molecule has 0 atom stereocenters. The Hall–Kier alpha value is -0.500. The monoisotopic (exact) mass is 225 g/mol. The molecule has 0 rings (SSSR count). The quantitative estimate of drug-likeness (QED) is 0.718. The molecule has 0 saturated carbocycles. The van der Waals surface area contributed by atoms with Crippen LogP contribution in [0.2, 0.25) is 0 Å². The summed E-state index contributed by atoms with van der Waals surface area (Å²) in [6, 6.07) is 0. The van der Waals surface area contributed by atoms with Gasteiger partial charge in [0.15, 0.2) is 0 Å². The van der Waals surface area contributed by atoms with Crippen LogP contribution in [0.3, 0.4) is 0 Å². The minimum atomic E-state index is -5.74. The first kappa shape index (κ1) is 13.5. The van der Waals surface area contributed by atoms with E-state index in [-0.39, 0.29) is 0 Å². The van der Waals surface area contributed by atoms with Crippen molar-refractivity contribution < 1.29 is 31.4 Å². The number of rotatable bonds is 2. The van der Waals surface area contributed by atoms with Gasteiger partial charge in [-0.3, -0.25) is 0 Å². The summed E-state index contributed by atoms with van der Waals surface area (Å²) in [6.45, 7) is -1.56. The average molecular weight is 225 g/mol. The SMILES string of the molecule is CN(C)CC(O)(C(F)(F)F)C(F)(F)F. The van der Waals surface area contributed by atoms with Gasteiger partial charge in [-0.25, -0.2) is 0 Å². The highest BCUT2D eigenvalue weighted by Crippen LogP contribution is 2.43. The van der Waals surface area contributed by atoms with Gasteiger partial charge in [0.25, 0.3) is 5.60 Å². The maximum atomic E-state index is 12.0. The van der Waals surface area contributed by atoms with Crippen LogP contribution < -0.4 is 0 Å². The summed E-state index contributed by atoms with van der Waals surface area (Å²) in [5.74, 6) is 0. The van der Waals surface area contributed by atoms with Crippen LogP contribution >= 0.6 is 0 Å². The minimum Gasteiger partial charge on any atom is -0.373 e. The molecule has 0 amide bonds. The van der Waals surface area contributed by atoms with Crippen molar-refractivity contribution in [3.05, 3.63) is 0 Å². The minimum absolute atomic E-state index is 0.612. The molecule has 0 unspecified atom stereocenters. The van der Waals surface area contributed by atoms with E-state index in [1.165, 1.54) is 0 Å². The lowest BCUT2D eigenvalue weighted by Gasteiger charge is -2.34. The predicted octanol–water partition coefficient (Wildman–Crippen LogP) is 1.40. The molecule has 0 spiro atoms. The van der Waals surface area contributed by atoms with Gasteiger partial charge < -0.3 is 10.0 Å². The number of nitrogens with zero attached hydrogens (tertiary/aromatic N) is 1. The maximum Gasteiger partial charge on any atom is 0.427 e. The Labute approximate surface area is 76.1 Å². The summed E-state index contributed by atoms with van der Waals surface area (Å²) < 4.78 is 71.8.